The van der Waals surface area contributed by atoms with Crippen molar-refractivity contribution in [3.8, 4) is 11.3 Å². The average molecular weight is 266 g/mol. The van der Waals surface area contributed by atoms with E-state index < -0.39 is 0 Å². The van der Waals surface area contributed by atoms with Gasteiger partial charge in [0, 0.05) is 38.2 Å². The monoisotopic (exact) mass is 266 g/mol. The molecule has 0 saturated carbocycles. The van der Waals surface area contributed by atoms with E-state index in [1.807, 2.05) is 37.5 Å². The number of nitrogens with zero attached hydrogens (tertiary/aromatic N) is 4. The lowest BCUT2D eigenvalue weighted by atomic mass is 10.2. The molecule has 0 aliphatic rings. The van der Waals surface area contributed by atoms with Gasteiger partial charge < -0.3 is 9.30 Å². The third-order valence-corrected chi connectivity index (χ3v) is 3.56. The number of hydrogen-bond donors (Lipinski definition) is 0. The summed E-state index contributed by atoms with van der Waals surface area (Å²) < 4.78 is 2.07. The Hall–Kier alpha value is -2.36. The van der Waals surface area contributed by atoms with Crippen molar-refractivity contribution in [2.75, 3.05) is 19.0 Å². The number of aromatic nitrogens is 3. The topological polar surface area (TPSA) is 33.4 Å². The third-order valence-electron chi connectivity index (χ3n) is 3.56. The zero-order valence-corrected chi connectivity index (χ0v) is 12.3. The summed E-state index contributed by atoms with van der Waals surface area (Å²) in [6.07, 6.45) is 6.04. The summed E-state index contributed by atoms with van der Waals surface area (Å²) in [5, 5.41) is 0. The van der Waals surface area contributed by atoms with Gasteiger partial charge in [0.1, 0.15) is 11.5 Å². The second-order valence-corrected chi connectivity index (χ2v) is 5.33. The van der Waals surface area contributed by atoms with Crippen LogP contribution in [0.3, 0.4) is 0 Å². The van der Waals surface area contributed by atoms with Crippen LogP contribution in [0, 0.1) is 13.8 Å². The van der Waals surface area contributed by atoms with Gasteiger partial charge in [-0.15, -0.1) is 0 Å². The molecule has 0 aliphatic carbocycles. The third kappa shape index (κ3) is 2.13. The molecule has 0 unspecified atom stereocenters. The Labute approximate surface area is 118 Å². The number of hydrogen-bond acceptors (Lipinski definition) is 3. The van der Waals surface area contributed by atoms with E-state index in [2.05, 4.69) is 46.5 Å². The molecule has 4 heteroatoms. The molecule has 0 saturated heterocycles. The lowest BCUT2D eigenvalue weighted by molar-refractivity contribution is 1.07. The van der Waals surface area contributed by atoms with E-state index >= 15 is 0 Å². The first kappa shape index (κ1) is 12.7. The van der Waals surface area contributed by atoms with Crippen molar-refractivity contribution in [1.82, 2.24) is 14.4 Å². The first-order valence-electron chi connectivity index (χ1n) is 6.64. The number of rotatable bonds is 2. The molecule has 0 bridgehead atoms. The maximum absolute atomic E-state index is 4.67. The van der Waals surface area contributed by atoms with Gasteiger partial charge in [-0.2, -0.15) is 0 Å². The number of anilines is 1. The molecule has 3 heterocycles. The predicted octanol–water partition coefficient (Wildman–Crippen LogP) is 3.08. The van der Waals surface area contributed by atoms with Gasteiger partial charge in [-0.25, -0.2) is 9.97 Å². The zero-order chi connectivity index (χ0) is 14.3. The summed E-state index contributed by atoms with van der Waals surface area (Å²) in [4.78, 5) is 11.1. The fourth-order valence-corrected chi connectivity index (χ4v) is 2.18. The fourth-order valence-electron chi connectivity index (χ4n) is 2.18. The molecule has 0 amide bonds. The molecule has 0 atom stereocenters. The minimum atomic E-state index is 0.948. The van der Waals surface area contributed by atoms with Crippen molar-refractivity contribution < 1.29 is 0 Å². The van der Waals surface area contributed by atoms with Crippen LogP contribution in [0.2, 0.25) is 0 Å². The summed E-state index contributed by atoms with van der Waals surface area (Å²) in [5.74, 6) is 0.948. The van der Waals surface area contributed by atoms with Crippen LogP contribution in [-0.4, -0.2) is 28.5 Å². The Morgan fingerprint density at radius 3 is 2.50 bits per heavy atom. The van der Waals surface area contributed by atoms with Gasteiger partial charge in [-0.3, -0.25) is 0 Å². The van der Waals surface area contributed by atoms with Gasteiger partial charge in [0.25, 0.3) is 0 Å². The lowest BCUT2D eigenvalue weighted by Crippen LogP contribution is -2.09. The van der Waals surface area contributed by atoms with Gasteiger partial charge in [0.15, 0.2) is 0 Å². The fraction of sp³-hybridized carbons (Fsp3) is 0.250. The van der Waals surface area contributed by atoms with Crippen LogP contribution < -0.4 is 4.90 Å². The Balaban J connectivity index is 2.05. The molecule has 0 spiro atoms. The number of fused-ring (bicyclic) bond motifs is 1. The van der Waals surface area contributed by atoms with E-state index in [9.17, 15) is 0 Å². The van der Waals surface area contributed by atoms with Gasteiger partial charge >= 0.3 is 0 Å². The number of pyridine rings is 2. The minimum Gasteiger partial charge on any atom is -0.363 e. The summed E-state index contributed by atoms with van der Waals surface area (Å²) in [5.41, 5.74) is 5.49. The van der Waals surface area contributed by atoms with Crippen LogP contribution in [-0.2, 0) is 0 Å². The molecule has 102 valence electrons. The van der Waals surface area contributed by atoms with Gasteiger partial charge in [0.05, 0.1) is 5.69 Å². The van der Waals surface area contributed by atoms with Crippen molar-refractivity contribution in [2.45, 2.75) is 13.8 Å². The molecule has 3 aromatic heterocycles. The predicted molar refractivity (Wildman–Crippen MR) is 82.2 cm³/mol. The highest BCUT2D eigenvalue weighted by molar-refractivity contribution is 5.63. The Morgan fingerprint density at radius 1 is 1.05 bits per heavy atom. The van der Waals surface area contributed by atoms with Crippen LogP contribution in [0.1, 0.15) is 11.1 Å². The normalized spacial score (nSPS) is 11.0. The molecule has 0 radical (unpaired) electrons. The zero-order valence-electron chi connectivity index (χ0n) is 12.3. The van der Waals surface area contributed by atoms with E-state index in [4.69, 9.17) is 0 Å². The second kappa shape index (κ2) is 4.63. The molecule has 0 fully saturated rings. The molecule has 0 N–H and O–H groups in total. The van der Waals surface area contributed by atoms with Gasteiger partial charge in [-0.1, -0.05) is 0 Å². The maximum Gasteiger partial charge on any atom is 0.137 e. The molecule has 0 aliphatic heterocycles. The molecule has 3 rings (SSSR count). The summed E-state index contributed by atoms with van der Waals surface area (Å²) in [6, 6.07) is 6.18. The number of aryl methyl sites for hydroxylation is 2. The second-order valence-electron chi connectivity index (χ2n) is 5.33. The highest BCUT2D eigenvalue weighted by Gasteiger charge is 2.07. The lowest BCUT2D eigenvalue weighted by Gasteiger charge is -2.10. The Morgan fingerprint density at radius 2 is 1.85 bits per heavy atom. The first-order valence-corrected chi connectivity index (χ1v) is 6.64. The van der Waals surface area contributed by atoms with Crippen molar-refractivity contribution >= 4 is 11.5 Å². The number of imidazole rings is 1. The summed E-state index contributed by atoms with van der Waals surface area (Å²) in [7, 11) is 3.97. The van der Waals surface area contributed by atoms with Crippen LogP contribution in [0.15, 0.2) is 36.8 Å². The largest absolute Gasteiger partial charge is 0.363 e. The average Bonchev–Trinajstić information content (AvgIpc) is 2.82. The molecular formula is C16H18N4. The quantitative estimate of drug-likeness (QED) is 0.714. The standard InChI is InChI=1S/C16H18N4/c1-11-7-16-18-14(10-20(16)9-12(11)2)13-5-6-15(17-8-13)19(3)4/h5-10H,1-4H3. The first-order chi connectivity index (χ1) is 9.54. The van der Waals surface area contributed by atoms with Crippen LogP contribution in [0.25, 0.3) is 16.9 Å². The van der Waals surface area contributed by atoms with Gasteiger partial charge in [-0.05, 0) is 43.2 Å². The van der Waals surface area contributed by atoms with E-state index in [-0.39, 0.29) is 0 Å². The SMILES string of the molecule is Cc1cc2nc(-c3ccc(N(C)C)nc3)cn2cc1C. The minimum absolute atomic E-state index is 0.948. The van der Waals surface area contributed by atoms with Crippen molar-refractivity contribution in [3.63, 3.8) is 0 Å². The summed E-state index contributed by atoms with van der Waals surface area (Å²) >= 11 is 0. The van der Waals surface area contributed by atoms with E-state index in [1.165, 1.54) is 11.1 Å². The molecule has 20 heavy (non-hydrogen) atoms. The molecule has 0 aromatic carbocycles. The van der Waals surface area contributed by atoms with E-state index in [0.29, 0.717) is 0 Å². The maximum atomic E-state index is 4.67. The summed E-state index contributed by atoms with van der Waals surface area (Å²) in [6.45, 7) is 4.22. The van der Waals surface area contributed by atoms with Crippen LogP contribution >= 0.6 is 0 Å². The van der Waals surface area contributed by atoms with Gasteiger partial charge in [0.2, 0.25) is 0 Å². The Kier molecular flexibility index (Phi) is 2.93. The highest BCUT2D eigenvalue weighted by Crippen LogP contribution is 2.21. The van der Waals surface area contributed by atoms with E-state index in [0.717, 1.165) is 22.7 Å². The van der Waals surface area contributed by atoms with Crippen molar-refractivity contribution in [2.24, 2.45) is 0 Å². The van der Waals surface area contributed by atoms with Crippen molar-refractivity contribution in [1.29, 1.82) is 0 Å². The highest BCUT2D eigenvalue weighted by atomic mass is 15.1. The van der Waals surface area contributed by atoms with Crippen LogP contribution in [0.5, 0.6) is 0 Å². The van der Waals surface area contributed by atoms with Crippen LogP contribution in [0.4, 0.5) is 5.82 Å². The van der Waals surface area contributed by atoms with Crippen molar-refractivity contribution in [3.05, 3.63) is 47.9 Å². The smallest absolute Gasteiger partial charge is 0.137 e. The molecule has 4 nitrogen and oxygen atoms in total. The molecule has 3 aromatic rings. The van der Waals surface area contributed by atoms with E-state index in [1.54, 1.807) is 0 Å². The Bertz CT molecular complexity index is 715. The molecular weight excluding hydrogens is 248 g/mol.